The number of likely N-dealkylation sites (N-methyl/N-ethyl adjacent to an activating group) is 1. The van der Waals surface area contributed by atoms with Gasteiger partial charge in [0.15, 0.2) is 0 Å². The van der Waals surface area contributed by atoms with E-state index in [0.29, 0.717) is 24.2 Å². The number of amides is 1. The number of aromatic nitrogens is 1. The van der Waals surface area contributed by atoms with Gasteiger partial charge in [-0.05, 0) is 96.4 Å². The number of aryl methyl sites for hydroxylation is 1. The molecule has 43 heavy (non-hydrogen) atoms. The number of nitrogens with zero attached hydrogens (tertiary/aromatic N) is 5. The fourth-order valence-electron chi connectivity index (χ4n) is 7.04. The van der Waals surface area contributed by atoms with Gasteiger partial charge < -0.3 is 24.0 Å². The van der Waals surface area contributed by atoms with E-state index in [1.54, 1.807) is 19.1 Å². The van der Waals surface area contributed by atoms with Crippen molar-refractivity contribution in [1.29, 1.82) is 0 Å². The first kappa shape index (κ1) is 32.7. The van der Waals surface area contributed by atoms with Crippen LogP contribution in [0.15, 0.2) is 35.4 Å². The molecule has 2 aliphatic heterocycles. The van der Waals surface area contributed by atoms with Crippen molar-refractivity contribution in [2.75, 3.05) is 54.0 Å². The number of rotatable bonds is 9. The number of carbonyl (C=O) groups is 1. The highest BCUT2D eigenvalue weighted by Gasteiger charge is 2.39. The molecule has 1 saturated heterocycles. The van der Waals surface area contributed by atoms with Crippen molar-refractivity contribution in [3.63, 3.8) is 0 Å². The molecule has 3 unspecified atom stereocenters. The molecule has 3 heterocycles. The van der Waals surface area contributed by atoms with Gasteiger partial charge in [0.2, 0.25) is 15.9 Å². The SMILES string of the molecule is Cc1ccc(Cl)c(S(=O)(=O)N2CCn3cccc3C2COCC(=O)N(C)C2CCCC(N3CCC(N(C)C)CC3)C2)c1Cl. The number of likely N-dealkylation sites (tertiary alicyclic amines) is 1. The average Bonchev–Trinajstić information content (AvgIpc) is 3.48. The molecule has 1 saturated carbocycles. The van der Waals surface area contributed by atoms with Gasteiger partial charge in [0.1, 0.15) is 11.5 Å². The van der Waals surface area contributed by atoms with Gasteiger partial charge in [0.25, 0.3) is 0 Å². The topological polar surface area (TPSA) is 78.3 Å². The maximum Gasteiger partial charge on any atom is 0.248 e. The summed E-state index contributed by atoms with van der Waals surface area (Å²) in [5.74, 6) is -0.0812. The molecule has 238 valence electrons. The van der Waals surface area contributed by atoms with Crippen LogP contribution >= 0.6 is 23.2 Å². The molecule has 1 aliphatic carbocycles. The molecule has 0 bridgehead atoms. The highest BCUT2D eigenvalue weighted by Crippen LogP contribution is 2.39. The molecule has 3 aliphatic rings. The van der Waals surface area contributed by atoms with E-state index in [9.17, 15) is 13.2 Å². The first-order valence-electron chi connectivity index (χ1n) is 15.3. The highest BCUT2D eigenvalue weighted by molar-refractivity contribution is 7.89. The van der Waals surface area contributed by atoms with Crippen LogP contribution in [0.25, 0.3) is 0 Å². The van der Waals surface area contributed by atoms with Gasteiger partial charge in [-0.1, -0.05) is 29.3 Å². The lowest BCUT2D eigenvalue weighted by Gasteiger charge is -2.44. The standard InChI is InChI=1S/C31H45Cl2N5O4S/c1-22-10-11-26(32)31(30(22)33)43(40,41)38-18-17-37-14-6-9-27(37)28(38)20-42-21-29(39)35(4)24-7-5-8-25(19-24)36-15-12-23(13-16-36)34(2)3/h6,9-11,14,23-25,28H,5,7-8,12-13,15-21H2,1-4H3. The number of hydrogen-bond donors (Lipinski definition) is 0. The molecule has 2 fully saturated rings. The molecule has 3 atom stereocenters. The van der Waals surface area contributed by atoms with Crippen LogP contribution in [0, 0.1) is 6.92 Å². The molecule has 5 rings (SSSR count). The van der Waals surface area contributed by atoms with Crippen LogP contribution in [0.5, 0.6) is 0 Å². The zero-order valence-corrected chi connectivity index (χ0v) is 28.0. The van der Waals surface area contributed by atoms with Crippen LogP contribution in [-0.4, -0.2) is 110 Å². The summed E-state index contributed by atoms with van der Waals surface area (Å²) < 4.78 is 37.4. The first-order valence-corrected chi connectivity index (χ1v) is 17.5. The van der Waals surface area contributed by atoms with Gasteiger partial charge in [-0.25, -0.2) is 8.42 Å². The van der Waals surface area contributed by atoms with Gasteiger partial charge in [0, 0.05) is 50.2 Å². The molecule has 0 N–H and O–H groups in total. The Morgan fingerprint density at radius 3 is 2.47 bits per heavy atom. The van der Waals surface area contributed by atoms with E-state index in [2.05, 4.69) is 23.9 Å². The quantitative estimate of drug-likeness (QED) is 0.392. The highest BCUT2D eigenvalue weighted by atomic mass is 35.5. The zero-order chi connectivity index (χ0) is 30.9. The maximum absolute atomic E-state index is 14.0. The van der Waals surface area contributed by atoms with Crippen molar-refractivity contribution >= 4 is 39.1 Å². The predicted octanol–water partition coefficient (Wildman–Crippen LogP) is 4.66. The second-order valence-corrected chi connectivity index (χ2v) is 15.1. The van der Waals surface area contributed by atoms with Gasteiger partial charge in [-0.2, -0.15) is 4.31 Å². The number of fused-ring (bicyclic) bond motifs is 1. The smallest absolute Gasteiger partial charge is 0.248 e. The van der Waals surface area contributed by atoms with E-state index in [1.165, 1.54) is 23.6 Å². The zero-order valence-electron chi connectivity index (χ0n) is 25.7. The molecule has 0 spiro atoms. The fraction of sp³-hybridized carbons (Fsp3) is 0.645. The molecule has 0 radical (unpaired) electrons. The Labute approximate surface area is 266 Å². The summed E-state index contributed by atoms with van der Waals surface area (Å²) in [6, 6.07) is 7.77. The lowest BCUT2D eigenvalue weighted by atomic mass is 9.87. The Morgan fingerprint density at radius 2 is 1.74 bits per heavy atom. The minimum atomic E-state index is -4.05. The van der Waals surface area contributed by atoms with E-state index in [4.69, 9.17) is 27.9 Å². The van der Waals surface area contributed by atoms with Gasteiger partial charge in [-0.3, -0.25) is 4.79 Å². The van der Waals surface area contributed by atoms with E-state index in [-0.39, 0.29) is 46.6 Å². The van der Waals surface area contributed by atoms with Gasteiger partial charge >= 0.3 is 0 Å². The van der Waals surface area contributed by atoms with Crippen molar-refractivity contribution in [3.8, 4) is 0 Å². The predicted molar refractivity (Wildman–Crippen MR) is 170 cm³/mol. The molecule has 12 heteroatoms. The lowest BCUT2D eigenvalue weighted by Crippen LogP contribution is -2.51. The van der Waals surface area contributed by atoms with E-state index < -0.39 is 16.1 Å². The minimum Gasteiger partial charge on any atom is -0.370 e. The van der Waals surface area contributed by atoms with Crippen molar-refractivity contribution in [2.45, 2.75) is 81.1 Å². The van der Waals surface area contributed by atoms with Crippen molar-refractivity contribution in [1.82, 2.24) is 23.6 Å². The Balaban J connectivity index is 1.22. The summed E-state index contributed by atoms with van der Waals surface area (Å²) in [4.78, 5) is 20.0. The van der Waals surface area contributed by atoms with Crippen LogP contribution in [0.4, 0.5) is 0 Å². The third kappa shape index (κ3) is 6.95. The summed E-state index contributed by atoms with van der Waals surface area (Å²) in [6.45, 7) is 4.65. The van der Waals surface area contributed by atoms with Gasteiger partial charge in [0.05, 0.1) is 22.7 Å². The molecular weight excluding hydrogens is 609 g/mol. The average molecular weight is 655 g/mol. The maximum atomic E-state index is 14.0. The molecule has 2 aromatic rings. The van der Waals surface area contributed by atoms with Crippen LogP contribution in [0.2, 0.25) is 10.0 Å². The molecule has 1 aromatic carbocycles. The number of ether oxygens (including phenoxy) is 1. The summed E-state index contributed by atoms with van der Waals surface area (Å²) in [7, 11) is 2.15. The van der Waals surface area contributed by atoms with Gasteiger partial charge in [-0.15, -0.1) is 0 Å². The normalized spacial score (nSPS) is 24.3. The molecule has 1 amide bonds. The van der Waals surface area contributed by atoms with E-state index in [0.717, 1.165) is 38.0 Å². The largest absolute Gasteiger partial charge is 0.370 e. The monoisotopic (exact) mass is 653 g/mol. The van der Waals surface area contributed by atoms with E-state index in [1.807, 2.05) is 34.8 Å². The molecular formula is C31H45Cl2N5O4S. The van der Waals surface area contributed by atoms with Crippen molar-refractivity contribution in [2.24, 2.45) is 0 Å². The molecule has 9 nitrogen and oxygen atoms in total. The summed E-state index contributed by atoms with van der Waals surface area (Å²) in [5, 5.41) is 0.207. The van der Waals surface area contributed by atoms with Crippen molar-refractivity contribution < 1.29 is 17.9 Å². The second kappa shape index (κ2) is 13.8. The number of halogens is 2. The number of sulfonamides is 1. The summed E-state index contributed by atoms with van der Waals surface area (Å²) in [5.41, 5.74) is 1.44. The van der Waals surface area contributed by atoms with E-state index >= 15 is 0 Å². The first-order chi connectivity index (χ1) is 20.5. The van der Waals surface area contributed by atoms with Crippen LogP contribution in [0.1, 0.15) is 55.8 Å². The number of piperidine rings is 1. The summed E-state index contributed by atoms with van der Waals surface area (Å²) in [6.07, 6.45) is 8.58. The third-order valence-corrected chi connectivity index (χ3v) is 12.8. The Kier molecular flexibility index (Phi) is 10.5. The van der Waals surface area contributed by atoms with Crippen LogP contribution in [-0.2, 0) is 26.1 Å². The Hall–Kier alpha value is -1.66. The Morgan fingerprint density at radius 1 is 1.00 bits per heavy atom. The number of carbonyl (C=O) groups excluding carboxylic acids is 1. The lowest BCUT2D eigenvalue weighted by molar-refractivity contribution is -0.138. The fourth-order valence-corrected chi connectivity index (χ4v) is 9.75. The van der Waals surface area contributed by atoms with Crippen LogP contribution in [0.3, 0.4) is 0 Å². The minimum absolute atomic E-state index is 0.0397. The third-order valence-electron chi connectivity index (χ3n) is 9.73. The Bertz CT molecular complexity index is 1390. The number of hydrogen-bond acceptors (Lipinski definition) is 6. The second-order valence-electron chi connectivity index (χ2n) is 12.5. The summed E-state index contributed by atoms with van der Waals surface area (Å²) >= 11 is 12.9. The van der Waals surface area contributed by atoms with Crippen molar-refractivity contribution in [3.05, 3.63) is 51.8 Å². The number of benzene rings is 1. The molecule has 1 aromatic heterocycles. The van der Waals surface area contributed by atoms with Crippen LogP contribution < -0.4 is 0 Å².